The van der Waals surface area contributed by atoms with E-state index in [0.29, 0.717) is 18.0 Å². The van der Waals surface area contributed by atoms with Gasteiger partial charge in [0.1, 0.15) is 19.5 Å². The third kappa shape index (κ3) is 7.63. The fourth-order valence-electron chi connectivity index (χ4n) is 1.22. The van der Waals surface area contributed by atoms with Crippen LogP contribution < -0.4 is 0 Å². The molecule has 0 amide bonds. The topological polar surface area (TPSA) is 65.0 Å². The van der Waals surface area contributed by atoms with E-state index in [1.165, 1.54) is 0 Å². The van der Waals surface area contributed by atoms with E-state index in [0.717, 1.165) is 0 Å². The van der Waals surface area contributed by atoms with Crippen molar-refractivity contribution in [1.29, 1.82) is 0 Å². The van der Waals surface area contributed by atoms with Crippen LogP contribution in [0.2, 0.25) is 19.1 Å². The maximum Gasteiger partial charge on any atom is 0.476 e. The van der Waals surface area contributed by atoms with Crippen molar-refractivity contribution in [1.82, 2.24) is 0 Å². The predicted molar refractivity (Wildman–Crippen MR) is 74.2 cm³/mol. The highest BCUT2D eigenvalue weighted by Crippen LogP contribution is 2.12. The fourth-order valence-corrected chi connectivity index (χ4v) is 7.66. The molecule has 8 heteroatoms. The van der Waals surface area contributed by atoms with E-state index in [9.17, 15) is 9.59 Å². The predicted octanol–water partition coefficient (Wildman–Crippen LogP) is -0.276. The lowest BCUT2D eigenvalue weighted by Gasteiger charge is -2.23. The summed E-state index contributed by atoms with van der Waals surface area (Å²) < 4.78 is 15.8. The Balaban J connectivity index is 3.90. The molecule has 0 bridgehead atoms. The second-order valence-corrected chi connectivity index (χ2v) is 8.99. The van der Waals surface area contributed by atoms with Crippen LogP contribution in [-0.4, -0.2) is 45.7 Å². The minimum atomic E-state index is -2.94. The van der Waals surface area contributed by atoms with Gasteiger partial charge < -0.3 is 17.8 Å². The molecular weight excluding hydrogens is 272 g/mol. The highest BCUT2D eigenvalue weighted by Gasteiger charge is 2.34. The van der Waals surface area contributed by atoms with Gasteiger partial charge in [-0.15, -0.1) is 0 Å². The molecule has 0 aliphatic rings. The normalized spacial score (nSPS) is 15.5. The van der Waals surface area contributed by atoms with Gasteiger partial charge in [0.15, 0.2) is 0 Å². The van der Waals surface area contributed by atoms with Crippen LogP contribution in [0.5, 0.6) is 0 Å². The van der Waals surface area contributed by atoms with Crippen LogP contribution in [0.1, 0.15) is 13.3 Å². The van der Waals surface area contributed by atoms with Gasteiger partial charge in [0, 0.05) is 11.6 Å². The van der Waals surface area contributed by atoms with Crippen molar-refractivity contribution < 1.29 is 22.6 Å². The summed E-state index contributed by atoms with van der Waals surface area (Å²) in [7, 11) is -4.31. The summed E-state index contributed by atoms with van der Waals surface area (Å²) in [6.07, 6.45) is 0.560. The molecular formula is C9H22O5Si3. The smallest absolute Gasteiger partial charge is 0.462 e. The Morgan fingerprint density at radius 3 is 2.29 bits per heavy atom. The largest absolute Gasteiger partial charge is 0.476 e. The first-order chi connectivity index (χ1) is 7.95. The minimum Gasteiger partial charge on any atom is -0.462 e. The van der Waals surface area contributed by atoms with E-state index in [4.69, 9.17) is 13.0 Å². The van der Waals surface area contributed by atoms with E-state index >= 15 is 0 Å². The van der Waals surface area contributed by atoms with Crippen molar-refractivity contribution >= 4 is 34.3 Å². The van der Waals surface area contributed by atoms with E-state index in [1.54, 1.807) is 6.92 Å². The molecule has 0 aromatic rings. The third-order valence-corrected chi connectivity index (χ3v) is 8.86. The number of carbonyl (C=O) groups excluding carboxylic acids is 1. The molecule has 17 heavy (non-hydrogen) atoms. The molecule has 0 unspecified atom stereocenters. The van der Waals surface area contributed by atoms with Gasteiger partial charge in [0.05, 0.1) is 6.61 Å². The number of carbonyl (C=O) groups is 1. The molecule has 0 fully saturated rings. The van der Waals surface area contributed by atoms with Gasteiger partial charge in [-0.05, 0) is 13.3 Å². The standard InChI is InChI=1S/C9H22O5Si3/c1-8(2)9(10)12-6-5-7-17(11,13-15-3)14-16-4/h11H,1,5-7,15-16H2,2-4H3. The van der Waals surface area contributed by atoms with Gasteiger partial charge in [-0.25, -0.2) is 4.79 Å². The number of hydrogen-bond donors (Lipinski definition) is 1. The van der Waals surface area contributed by atoms with Gasteiger partial charge in [-0.2, -0.15) is 0 Å². The molecule has 0 aliphatic heterocycles. The summed E-state index contributed by atoms with van der Waals surface area (Å²) in [6, 6.07) is 0.456. The van der Waals surface area contributed by atoms with Crippen molar-refractivity contribution in [2.75, 3.05) is 6.61 Å². The monoisotopic (exact) mass is 294 g/mol. The number of esters is 1. The van der Waals surface area contributed by atoms with Gasteiger partial charge in [-0.1, -0.05) is 19.7 Å². The van der Waals surface area contributed by atoms with E-state index in [2.05, 4.69) is 6.58 Å². The van der Waals surface area contributed by atoms with Gasteiger partial charge in [0.2, 0.25) is 0 Å². The Hall–Kier alpha value is -0.259. The highest BCUT2D eigenvalue weighted by atomic mass is 28.4. The molecule has 0 radical (unpaired) electrons. The lowest BCUT2D eigenvalue weighted by atomic mass is 10.4. The van der Waals surface area contributed by atoms with Gasteiger partial charge >= 0.3 is 14.8 Å². The molecule has 5 nitrogen and oxygen atoms in total. The Morgan fingerprint density at radius 1 is 1.35 bits per heavy atom. The summed E-state index contributed by atoms with van der Waals surface area (Å²) in [5.74, 6) is -0.397. The molecule has 0 aromatic carbocycles. The zero-order valence-electron chi connectivity index (χ0n) is 10.8. The Morgan fingerprint density at radius 2 is 1.88 bits per heavy atom. The second-order valence-electron chi connectivity index (χ2n) is 3.60. The summed E-state index contributed by atoms with van der Waals surface area (Å²) in [5.41, 5.74) is 0.381. The molecule has 0 rings (SSSR count). The summed E-state index contributed by atoms with van der Waals surface area (Å²) in [4.78, 5) is 21.2. The summed E-state index contributed by atoms with van der Waals surface area (Å²) >= 11 is 0. The zero-order valence-corrected chi connectivity index (χ0v) is 14.7. The quantitative estimate of drug-likeness (QED) is 0.274. The lowest BCUT2D eigenvalue weighted by molar-refractivity contribution is -0.138. The molecule has 0 spiro atoms. The van der Waals surface area contributed by atoms with Gasteiger partial charge in [-0.3, -0.25) is 0 Å². The molecule has 0 atom stereocenters. The van der Waals surface area contributed by atoms with Crippen molar-refractivity contribution in [3.05, 3.63) is 12.2 Å². The first-order valence-electron chi connectivity index (χ1n) is 5.78. The van der Waals surface area contributed by atoms with E-state index in [-0.39, 0.29) is 6.61 Å². The Labute approximate surface area is 108 Å². The average molecular weight is 295 g/mol. The van der Waals surface area contributed by atoms with Crippen molar-refractivity contribution in [3.63, 3.8) is 0 Å². The van der Waals surface area contributed by atoms with Crippen LogP contribution in [0.4, 0.5) is 0 Å². The Bertz CT molecular complexity index is 253. The van der Waals surface area contributed by atoms with Crippen LogP contribution >= 0.6 is 0 Å². The van der Waals surface area contributed by atoms with Crippen molar-refractivity contribution in [2.45, 2.75) is 32.5 Å². The molecule has 1 N–H and O–H groups in total. The lowest BCUT2D eigenvalue weighted by Crippen LogP contribution is -2.44. The zero-order chi connectivity index (χ0) is 13.3. The van der Waals surface area contributed by atoms with Crippen LogP contribution in [0.3, 0.4) is 0 Å². The first kappa shape index (κ1) is 16.7. The molecule has 100 valence electrons. The molecule has 0 aliphatic carbocycles. The number of ether oxygens (including phenoxy) is 1. The Kier molecular flexibility index (Phi) is 8.64. The van der Waals surface area contributed by atoms with Crippen LogP contribution in [0.15, 0.2) is 12.2 Å². The van der Waals surface area contributed by atoms with E-state index < -0.39 is 34.3 Å². The minimum absolute atomic E-state index is 0.268. The average Bonchev–Trinajstić information content (AvgIpc) is 2.24. The van der Waals surface area contributed by atoms with Crippen molar-refractivity contribution in [3.8, 4) is 0 Å². The second kappa shape index (κ2) is 8.78. The number of rotatable bonds is 9. The van der Waals surface area contributed by atoms with Crippen LogP contribution in [0, 0.1) is 0 Å². The molecule has 0 heterocycles. The van der Waals surface area contributed by atoms with Crippen LogP contribution in [0.25, 0.3) is 0 Å². The molecule has 0 saturated heterocycles. The van der Waals surface area contributed by atoms with Gasteiger partial charge in [0.25, 0.3) is 0 Å². The molecule has 0 saturated carbocycles. The number of hydrogen-bond acceptors (Lipinski definition) is 5. The van der Waals surface area contributed by atoms with Crippen molar-refractivity contribution in [2.24, 2.45) is 0 Å². The highest BCUT2D eigenvalue weighted by molar-refractivity contribution is 6.68. The first-order valence-corrected chi connectivity index (χ1v) is 11.7. The third-order valence-electron chi connectivity index (χ3n) is 1.96. The van der Waals surface area contributed by atoms with Crippen LogP contribution in [-0.2, 0) is 17.8 Å². The maximum atomic E-state index is 11.1. The summed E-state index contributed by atoms with van der Waals surface area (Å²) in [6.45, 7) is 9.27. The SMILES string of the molecule is C=C(C)C(=O)OCCC[Si](O)(O[SiH2]C)O[SiH2]C. The fraction of sp³-hybridized carbons (Fsp3) is 0.667. The van der Waals surface area contributed by atoms with E-state index in [1.807, 2.05) is 13.1 Å². The maximum absolute atomic E-state index is 11.1. The summed E-state index contributed by atoms with van der Waals surface area (Å²) in [5, 5.41) is 0. The molecule has 0 aromatic heterocycles.